The molecular formula is C16H11N3O3S. The van der Waals surface area contributed by atoms with E-state index in [0.29, 0.717) is 0 Å². The second kappa shape index (κ2) is 5.44. The number of rotatable bonds is 2. The minimum Gasteiger partial charge on any atom is -0.539 e. The van der Waals surface area contributed by atoms with Gasteiger partial charge in [-0.2, -0.15) is 0 Å². The van der Waals surface area contributed by atoms with Crippen LogP contribution >= 0.6 is 11.8 Å². The summed E-state index contributed by atoms with van der Waals surface area (Å²) in [4.78, 5) is 16.5. The number of anilines is 2. The highest BCUT2D eigenvalue weighted by atomic mass is 32.2. The first kappa shape index (κ1) is 13.8. The molecule has 0 atom stereocenters. The standard InChI is InChI=1S/C16H11N3O3S/c20-15(9-18-10-16(21)22-17-18)19-11-5-1-3-7-13(11)23-14-8-4-2-6-12(14)19/h1-8,10H,9H2. The quantitative estimate of drug-likeness (QED) is 0.673. The molecule has 0 unspecified atom stereocenters. The lowest BCUT2D eigenvalue weighted by molar-refractivity contribution is -0.751. The summed E-state index contributed by atoms with van der Waals surface area (Å²) < 4.78 is 5.68. The Kier molecular flexibility index (Phi) is 3.27. The molecular weight excluding hydrogens is 314 g/mol. The summed E-state index contributed by atoms with van der Waals surface area (Å²) >= 11 is 1.63. The second-order valence-corrected chi connectivity index (χ2v) is 6.07. The molecule has 0 radical (unpaired) electrons. The van der Waals surface area contributed by atoms with E-state index in [9.17, 15) is 9.90 Å². The molecule has 0 fully saturated rings. The van der Waals surface area contributed by atoms with Crippen LogP contribution in [0, 0.1) is 0 Å². The zero-order valence-corrected chi connectivity index (χ0v) is 12.7. The van der Waals surface area contributed by atoms with Gasteiger partial charge in [-0.05, 0) is 24.3 Å². The highest BCUT2D eigenvalue weighted by Gasteiger charge is 2.30. The van der Waals surface area contributed by atoms with Crippen LogP contribution in [0.25, 0.3) is 0 Å². The van der Waals surface area contributed by atoms with Crippen molar-refractivity contribution in [1.82, 2.24) is 5.27 Å². The second-order valence-electron chi connectivity index (χ2n) is 4.99. The van der Waals surface area contributed by atoms with Gasteiger partial charge in [0.1, 0.15) is 5.95 Å². The Labute approximate surface area is 135 Å². The van der Waals surface area contributed by atoms with Gasteiger partial charge in [-0.25, -0.2) is 0 Å². The van der Waals surface area contributed by atoms with Crippen LogP contribution in [0.4, 0.5) is 11.4 Å². The third kappa shape index (κ3) is 2.44. The zero-order chi connectivity index (χ0) is 15.8. The van der Waals surface area contributed by atoms with Gasteiger partial charge in [0.2, 0.25) is 6.20 Å². The van der Waals surface area contributed by atoms with Crippen molar-refractivity contribution in [3.8, 4) is 5.95 Å². The van der Waals surface area contributed by atoms with E-state index >= 15 is 0 Å². The number of hydrogen-bond donors (Lipinski definition) is 0. The number of para-hydroxylation sites is 2. The molecule has 1 aromatic heterocycles. The Morgan fingerprint density at radius 3 is 2.30 bits per heavy atom. The molecule has 2 heterocycles. The van der Waals surface area contributed by atoms with Crippen LogP contribution in [0.15, 0.2) is 69.0 Å². The van der Waals surface area contributed by atoms with E-state index in [4.69, 9.17) is 0 Å². The predicted octanol–water partition coefficient (Wildman–Crippen LogP) is 1.87. The molecule has 2 aromatic carbocycles. The van der Waals surface area contributed by atoms with Crippen LogP contribution in [0.1, 0.15) is 0 Å². The summed E-state index contributed by atoms with van der Waals surface area (Å²) in [5.41, 5.74) is 1.65. The summed E-state index contributed by atoms with van der Waals surface area (Å²) in [7, 11) is 0. The number of amides is 1. The van der Waals surface area contributed by atoms with Gasteiger partial charge in [0, 0.05) is 9.79 Å². The van der Waals surface area contributed by atoms with Gasteiger partial charge in [0.15, 0.2) is 0 Å². The smallest absolute Gasteiger partial charge is 0.300 e. The minimum absolute atomic E-state index is 0.0704. The van der Waals surface area contributed by atoms with Crippen molar-refractivity contribution in [2.75, 3.05) is 4.90 Å². The van der Waals surface area contributed by atoms with Gasteiger partial charge in [-0.3, -0.25) is 9.69 Å². The largest absolute Gasteiger partial charge is 0.539 e. The van der Waals surface area contributed by atoms with Gasteiger partial charge in [0.25, 0.3) is 12.5 Å². The van der Waals surface area contributed by atoms with Crippen LogP contribution in [-0.2, 0) is 11.3 Å². The van der Waals surface area contributed by atoms with E-state index in [2.05, 4.69) is 9.79 Å². The number of hydrogen-bond acceptors (Lipinski definition) is 5. The number of nitrogens with zero attached hydrogens (tertiary/aromatic N) is 3. The molecule has 1 amide bonds. The van der Waals surface area contributed by atoms with Crippen molar-refractivity contribution < 1.29 is 19.1 Å². The molecule has 0 spiro atoms. The van der Waals surface area contributed by atoms with E-state index in [1.807, 2.05) is 48.5 Å². The lowest BCUT2D eigenvalue weighted by atomic mass is 10.2. The van der Waals surface area contributed by atoms with Crippen LogP contribution in [-0.4, -0.2) is 11.2 Å². The van der Waals surface area contributed by atoms with Crippen LogP contribution in [0.5, 0.6) is 5.95 Å². The lowest BCUT2D eigenvalue weighted by Gasteiger charge is -2.29. The third-order valence-electron chi connectivity index (χ3n) is 3.47. The maximum Gasteiger partial charge on any atom is 0.300 e. The van der Waals surface area contributed by atoms with E-state index in [1.54, 1.807) is 16.7 Å². The maximum atomic E-state index is 12.8. The average molecular weight is 325 g/mol. The number of benzene rings is 2. The Balaban J connectivity index is 1.76. The molecule has 0 saturated heterocycles. The first-order chi connectivity index (χ1) is 11.2. The van der Waals surface area contributed by atoms with Gasteiger partial charge < -0.3 is 9.63 Å². The van der Waals surface area contributed by atoms with E-state index < -0.39 is 5.95 Å². The van der Waals surface area contributed by atoms with Gasteiger partial charge in [0.05, 0.1) is 16.6 Å². The highest BCUT2D eigenvalue weighted by Crippen LogP contribution is 2.47. The van der Waals surface area contributed by atoms with Gasteiger partial charge in [-0.15, -0.1) is 0 Å². The number of fused-ring (bicyclic) bond motifs is 2. The fourth-order valence-electron chi connectivity index (χ4n) is 2.52. The molecule has 1 aliphatic heterocycles. The van der Waals surface area contributed by atoms with Gasteiger partial charge in [-0.1, -0.05) is 40.7 Å². The fraction of sp³-hybridized carbons (Fsp3) is 0.0625. The predicted molar refractivity (Wildman–Crippen MR) is 80.3 cm³/mol. The Hall–Kier alpha value is -2.80. The molecule has 0 saturated carbocycles. The van der Waals surface area contributed by atoms with Crippen molar-refractivity contribution in [3.05, 3.63) is 54.7 Å². The average Bonchev–Trinajstić information content (AvgIpc) is 2.97. The molecule has 23 heavy (non-hydrogen) atoms. The van der Waals surface area contributed by atoms with Crippen LogP contribution in [0.3, 0.4) is 0 Å². The normalized spacial score (nSPS) is 12.6. The van der Waals surface area contributed by atoms with Crippen molar-refractivity contribution >= 4 is 29.0 Å². The SMILES string of the molecule is O=C(C[n+]1cc([O-])on1)N1c2ccccc2Sc2ccccc21. The zero-order valence-electron chi connectivity index (χ0n) is 11.9. The number of carbonyl (C=O) groups excluding carboxylic acids is 1. The van der Waals surface area contributed by atoms with Crippen molar-refractivity contribution in [3.63, 3.8) is 0 Å². The fourth-order valence-corrected chi connectivity index (χ4v) is 3.58. The number of aromatic nitrogens is 2. The Morgan fingerprint density at radius 1 is 1.13 bits per heavy atom. The van der Waals surface area contributed by atoms with E-state index in [-0.39, 0.29) is 12.5 Å². The first-order valence-corrected chi connectivity index (χ1v) is 7.76. The minimum atomic E-state index is -0.576. The van der Waals surface area contributed by atoms with Crippen molar-refractivity contribution in [1.29, 1.82) is 0 Å². The summed E-state index contributed by atoms with van der Waals surface area (Å²) in [6, 6.07) is 15.5. The molecule has 0 bridgehead atoms. The van der Waals surface area contributed by atoms with Crippen LogP contribution < -0.4 is 14.7 Å². The molecule has 3 aromatic rings. The monoisotopic (exact) mass is 325 g/mol. The molecule has 114 valence electrons. The van der Waals surface area contributed by atoms with E-state index in [1.165, 1.54) is 4.68 Å². The summed E-state index contributed by atoms with van der Waals surface area (Å²) in [6.45, 7) is -0.0704. The Bertz CT molecular complexity index is 848. The third-order valence-corrected chi connectivity index (χ3v) is 4.60. The van der Waals surface area contributed by atoms with Gasteiger partial charge >= 0.3 is 0 Å². The van der Waals surface area contributed by atoms with Crippen LogP contribution in [0.2, 0.25) is 0 Å². The Morgan fingerprint density at radius 2 is 1.74 bits per heavy atom. The molecule has 4 rings (SSSR count). The summed E-state index contributed by atoms with van der Waals surface area (Å²) in [6.07, 6.45) is 1.16. The topological polar surface area (TPSA) is 73.3 Å². The summed E-state index contributed by atoms with van der Waals surface area (Å²) in [5.74, 6) is -0.767. The first-order valence-electron chi connectivity index (χ1n) is 6.95. The molecule has 0 N–H and O–H groups in total. The van der Waals surface area contributed by atoms with Crippen molar-refractivity contribution in [2.24, 2.45) is 0 Å². The van der Waals surface area contributed by atoms with E-state index in [0.717, 1.165) is 27.4 Å². The molecule has 1 aliphatic rings. The molecule has 7 heteroatoms. The van der Waals surface area contributed by atoms with Crippen molar-refractivity contribution in [2.45, 2.75) is 16.3 Å². The number of carbonyl (C=O) groups is 1. The summed E-state index contributed by atoms with van der Waals surface area (Å²) in [5, 5.41) is 14.6. The molecule has 0 aliphatic carbocycles. The maximum absolute atomic E-state index is 12.8. The lowest BCUT2D eigenvalue weighted by Crippen LogP contribution is -2.44. The highest BCUT2D eigenvalue weighted by molar-refractivity contribution is 7.99. The molecule has 6 nitrogen and oxygen atoms in total.